The van der Waals surface area contributed by atoms with Crippen molar-refractivity contribution in [2.24, 2.45) is 0 Å². The molecule has 1 aliphatic carbocycles. The SMILES string of the molecule is O=C(Cc1c[nH]c2ccccc12)N[C@H]1CCc2ccccc21. The smallest absolute Gasteiger partial charge is 0.224 e. The van der Waals surface area contributed by atoms with Crippen LogP contribution in [-0.4, -0.2) is 10.9 Å². The van der Waals surface area contributed by atoms with Gasteiger partial charge in [-0.1, -0.05) is 42.5 Å². The van der Waals surface area contributed by atoms with Gasteiger partial charge < -0.3 is 10.3 Å². The minimum absolute atomic E-state index is 0.0893. The molecule has 22 heavy (non-hydrogen) atoms. The maximum Gasteiger partial charge on any atom is 0.224 e. The lowest BCUT2D eigenvalue weighted by atomic mass is 10.1. The molecular weight excluding hydrogens is 272 g/mol. The number of aromatic amines is 1. The Kier molecular flexibility index (Phi) is 3.19. The first kappa shape index (κ1) is 13.1. The zero-order valence-corrected chi connectivity index (χ0v) is 12.3. The van der Waals surface area contributed by atoms with Crippen LogP contribution in [0.5, 0.6) is 0 Å². The van der Waals surface area contributed by atoms with Gasteiger partial charge in [0.05, 0.1) is 12.5 Å². The van der Waals surface area contributed by atoms with Crippen molar-refractivity contribution in [2.75, 3.05) is 0 Å². The van der Waals surface area contributed by atoms with Gasteiger partial charge in [-0.25, -0.2) is 0 Å². The fourth-order valence-corrected chi connectivity index (χ4v) is 3.40. The van der Waals surface area contributed by atoms with Crippen molar-refractivity contribution in [3.8, 4) is 0 Å². The van der Waals surface area contributed by atoms with E-state index in [4.69, 9.17) is 0 Å². The van der Waals surface area contributed by atoms with Gasteiger partial charge in [0.1, 0.15) is 0 Å². The number of amides is 1. The van der Waals surface area contributed by atoms with E-state index < -0.39 is 0 Å². The molecule has 2 aromatic carbocycles. The quantitative estimate of drug-likeness (QED) is 0.761. The summed E-state index contributed by atoms with van der Waals surface area (Å²) in [5, 5.41) is 4.31. The van der Waals surface area contributed by atoms with E-state index in [1.54, 1.807) is 0 Å². The fraction of sp³-hybridized carbons (Fsp3) is 0.211. The van der Waals surface area contributed by atoms with Gasteiger partial charge in [0, 0.05) is 17.1 Å². The number of rotatable bonds is 3. The van der Waals surface area contributed by atoms with Crippen molar-refractivity contribution in [1.29, 1.82) is 0 Å². The molecule has 3 aromatic rings. The van der Waals surface area contributed by atoms with Crippen molar-refractivity contribution in [1.82, 2.24) is 10.3 Å². The molecule has 1 amide bonds. The molecule has 0 radical (unpaired) electrons. The Hall–Kier alpha value is -2.55. The van der Waals surface area contributed by atoms with Crippen molar-refractivity contribution < 1.29 is 4.79 Å². The van der Waals surface area contributed by atoms with Crippen LogP contribution >= 0.6 is 0 Å². The molecule has 1 aromatic heterocycles. The first-order chi connectivity index (χ1) is 10.8. The Morgan fingerprint density at radius 3 is 2.91 bits per heavy atom. The van der Waals surface area contributed by atoms with Crippen LogP contribution in [0.3, 0.4) is 0 Å². The van der Waals surface area contributed by atoms with E-state index in [-0.39, 0.29) is 11.9 Å². The number of carbonyl (C=O) groups is 1. The monoisotopic (exact) mass is 290 g/mol. The highest BCUT2D eigenvalue weighted by atomic mass is 16.1. The number of aromatic nitrogens is 1. The number of nitrogens with one attached hydrogen (secondary N) is 2. The third-order valence-electron chi connectivity index (χ3n) is 4.49. The molecule has 0 saturated carbocycles. The standard InChI is InChI=1S/C19H18N2O/c22-19(11-14-12-20-17-8-4-3-7-16(14)17)21-18-10-9-13-5-1-2-6-15(13)18/h1-8,12,18,20H,9-11H2,(H,21,22)/t18-/m0/s1. The van der Waals surface area contributed by atoms with E-state index in [0.29, 0.717) is 6.42 Å². The van der Waals surface area contributed by atoms with E-state index in [9.17, 15) is 4.79 Å². The second kappa shape index (κ2) is 5.34. The summed E-state index contributed by atoms with van der Waals surface area (Å²) in [6, 6.07) is 16.6. The number of carbonyl (C=O) groups excluding carboxylic acids is 1. The molecule has 4 rings (SSSR count). The molecule has 1 atom stereocenters. The Balaban J connectivity index is 1.50. The van der Waals surface area contributed by atoms with Gasteiger partial charge in [-0.05, 0) is 35.6 Å². The highest BCUT2D eigenvalue weighted by molar-refractivity contribution is 5.89. The van der Waals surface area contributed by atoms with Gasteiger partial charge in [-0.15, -0.1) is 0 Å². The number of para-hydroxylation sites is 1. The lowest BCUT2D eigenvalue weighted by Gasteiger charge is -2.14. The number of benzene rings is 2. The summed E-state index contributed by atoms with van der Waals surface area (Å²) in [4.78, 5) is 15.6. The molecule has 110 valence electrons. The molecular formula is C19H18N2O. The largest absolute Gasteiger partial charge is 0.361 e. The second-order valence-corrected chi connectivity index (χ2v) is 5.89. The molecule has 2 N–H and O–H groups in total. The molecule has 0 saturated heterocycles. The minimum atomic E-state index is 0.0893. The van der Waals surface area contributed by atoms with Crippen LogP contribution in [0.1, 0.15) is 29.2 Å². The van der Waals surface area contributed by atoms with Crippen molar-refractivity contribution in [2.45, 2.75) is 25.3 Å². The molecule has 1 heterocycles. The number of fused-ring (bicyclic) bond motifs is 2. The van der Waals surface area contributed by atoms with Crippen LogP contribution in [0.4, 0.5) is 0 Å². The number of aryl methyl sites for hydroxylation is 1. The van der Waals surface area contributed by atoms with Gasteiger partial charge in [-0.3, -0.25) is 4.79 Å². The zero-order chi connectivity index (χ0) is 14.9. The summed E-state index contributed by atoms with van der Waals surface area (Å²) in [7, 11) is 0. The molecule has 3 heteroatoms. The van der Waals surface area contributed by atoms with E-state index >= 15 is 0 Å². The summed E-state index contributed by atoms with van der Waals surface area (Å²) in [6.45, 7) is 0. The van der Waals surface area contributed by atoms with E-state index in [1.165, 1.54) is 11.1 Å². The Bertz CT molecular complexity index is 834. The van der Waals surface area contributed by atoms with Crippen molar-refractivity contribution >= 4 is 16.8 Å². The van der Waals surface area contributed by atoms with Gasteiger partial charge in [-0.2, -0.15) is 0 Å². The molecule has 0 aliphatic heterocycles. The van der Waals surface area contributed by atoms with Gasteiger partial charge in [0.25, 0.3) is 0 Å². The maximum absolute atomic E-state index is 12.4. The Labute approximate surface area is 129 Å². The summed E-state index contributed by atoms with van der Waals surface area (Å²) < 4.78 is 0. The summed E-state index contributed by atoms with van der Waals surface area (Å²) in [5.41, 5.74) is 4.77. The molecule has 0 fully saturated rings. The predicted molar refractivity (Wildman–Crippen MR) is 87.6 cm³/mol. The average molecular weight is 290 g/mol. The van der Waals surface area contributed by atoms with Gasteiger partial charge >= 0.3 is 0 Å². The van der Waals surface area contributed by atoms with Crippen LogP contribution in [0.15, 0.2) is 54.7 Å². The molecule has 0 unspecified atom stereocenters. The lowest BCUT2D eigenvalue weighted by Crippen LogP contribution is -2.28. The summed E-state index contributed by atoms with van der Waals surface area (Å²) >= 11 is 0. The second-order valence-electron chi connectivity index (χ2n) is 5.89. The van der Waals surface area contributed by atoms with Gasteiger partial charge in [0.2, 0.25) is 5.91 Å². The fourth-order valence-electron chi connectivity index (χ4n) is 3.40. The molecule has 3 nitrogen and oxygen atoms in total. The maximum atomic E-state index is 12.4. The van der Waals surface area contributed by atoms with E-state index in [2.05, 4.69) is 34.6 Å². The van der Waals surface area contributed by atoms with E-state index in [1.807, 2.05) is 30.5 Å². The molecule has 0 bridgehead atoms. The predicted octanol–water partition coefficient (Wildman–Crippen LogP) is 3.51. The summed E-state index contributed by atoms with van der Waals surface area (Å²) in [6.07, 6.45) is 4.41. The molecule has 1 aliphatic rings. The third-order valence-corrected chi connectivity index (χ3v) is 4.49. The van der Waals surface area contributed by atoms with Crippen molar-refractivity contribution in [3.63, 3.8) is 0 Å². The summed E-state index contributed by atoms with van der Waals surface area (Å²) in [5.74, 6) is 0.0893. The third kappa shape index (κ3) is 2.29. The normalized spacial score (nSPS) is 16.6. The van der Waals surface area contributed by atoms with Crippen LogP contribution in [0, 0.1) is 0 Å². The molecule has 0 spiro atoms. The first-order valence-corrected chi connectivity index (χ1v) is 7.73. The lowest BCUT2D eigenvalue weighted by molar-refractivity contribution is -0.121. The highest BCUT2D eigenvalue weighted by Crippen LogP contribution is 2.30. The minimum Gasteiger partial charge on any atom is -0.361 e. The van der Waals surface area contributed by atoms with Gasteiger partial charge in [0.15, 0.2) is 0 Å². The van der Waals surface area contributed by atoms with Crippen LogP contribution in [-0.2, 0) is 17.6 Å². The van der Waals surface area contributed by atoms with Crippen LogP contribution in [0.25, 0.3) is 10.9 Å². The van der Waals surface area contributed by atoms with Crippen LogP contribution in [0.2, 0.25) is 0 Å². The Morgan fingerprint density at radius 1 is 1.14 bits per heavy atom. The Morgan fingerprint density at radius 2 is 1.95 bits per heavy atom. The first-order valence-electron chi connectivity index (χ1n) is 7.73. The zero-order valence-electron chi connectivity index (χ0n) is 12.3. The number of hydrogen-bond donors (Lipinski definition) is 2. The topological polar surface area (TPSA) is 44.9 Å². The van der Waals surface area contributed by atoms with Crippen LogP contribution < -0.4 is 5.32 Å². The number of hydrogen-bond acceptors (Lipinski definition) is 1. The van der Waals surface area contributed by atoms with Crippen molar-refractivity contribution in [3.05, 3.63) is 71.4 Å². The van der Waals surface area contributed by atoms with E-state index in [0.717, 1.165) is 29.3 Å². The number of H-pyrrole nitrogens is 1. The average Bonchev–Trinajstić information content (AvgIpc) is 3.13. The highest BCUT2D eigenvalue weighted by Gasteiger charge is 2.23.